The van der Waals surface area contributed by atoms with E-state index in [-0.39, 0.29) is 18.2 Å². The Bertz CT molecular complexity index is 698. The number of hydrogen-bond acceptors (Lipinski definition) is 4. The lowest BCUT2D eigenvalue weighted by Crippen LogP contribution is -2.49. The lowest BCUT2D eigenvalue weighted by molar-refractivity contribution is 0.00717. The topological polar surface area (TPSA) is 65.4 Å². The van der Waals surface area contributed by atoms with Gasteiger partial charge in [0.2, 0.25) is 0 Å². The van der Waals surface area contributed by atoms with E-state index in [1.165, 1.54) is 0 Å². The standard InChI is InChI=1S/C22H31N3O2/c1-22(2,3)27-21(26)25-19(14-16-5-4-6-17(13-16)15-23)7-8-20(25)18-9-11-24-12-10-18/h4-6,13,18-20,24H,7-12,14H2,1-3H3. The molecule has 0 spiro atoms. The van der Waals surface area contributed by atoms with Crippen LogP contribution < -0.4 is 5.32 Å². The van der Waals surface area contributed by atoms with E-state index in [1.807, 2.05) is 49.9 Å². The molecule has 5 heteroatoms. The first-order valence-corrected chi connectivity index (χ1v) is 10.1. The number of carbonyl (C=O) groups is 1. The fourth-order valence-corrected chi connectivity index (χ4v) is 4.44. The van der Waals surface area contributed by atoms with Crippen LogP contribution >= 0.6 is 0 Å². The van der Waals surface area contributed by atoms with Crippen LogP contribution in [0.2, 0.25) is 0 Å². The zero-order valence-corrected chi connectivity index (χ0v) is 16.7. The smallest absolute Gasteiger partial charge is 0.410 e. The number of benzene rings is 1. The van der Waals surface area contributed by atoms with Crippen molar-refractivity contribution in [3.8, 4) is 6.07 Å². The van der Waals surface area contributed by atoms with Crippen molar-refractivity contribution in [2.45, 2.75) is 70.6 Å². The Morgan fingerprint density at radius 1 is 1.26 bits per heavy atom. The van der Waals surface area contributed by atoms with E-state index in [2.05, 4.69) is 11.4 Å². The first-order chi connectivity index (χ1) is 12.9. The highest BCUT2D eigenvalue weighted by molar-refractivity contribution is 5.69. The van der Waals surface area contributed by atoms with Crippen LogP contribution in [0.5, 0.6) is 0 Å². The largest absolute Gasteiger partial charge is 0.444 e. The summed E-state index contributed by atoms with van der Waals surface area (Å²) in [6.45, 7) is 7.82. The van der Waals surface area contributed by atoms with Crippen molar-refractivity contribution in [2.75, 3.05) is 13.1 Å². The van der Waals surface area contributed by atoms with Gasteiger partial charge in [-0.25, -0.2) is 4.79 Å². The molecule has 1 N–H and O–H groups in total. The molecule has 2 atom stereocenters. The fourth-order valence-electron chi connectivity index (χ4n) is 4.44. The number of likely N-dealkylation sites (tertiary alicyclic amines) is 1. The maximum atomic E-state index is 13.1. The zero-order valence-electron chi connectivity index (χ0n) is 16.7. The van der Waals surface area contributed by atoms with Gasteiger partial charge in [0.15, 0.2) is 0 Å². The molecule has 2 saturated heterocycles. The van der Waals surface area contributed by atoms with E-state index in [9.17, 15) is 4.79 Å². The number of amides is 1. The molecule has 1 amide bonds. The van der Waals surface area contributed by atoms with Crippen LogP contribution in [-0.2, 0) is 11.2 Å². The number of carbonyl (C=O) groups excluding carboxylic acids is 1. The monoisotopic (exact) mass is 369 g/mol. The molecular formula is C22H31N3O2. The number of rotatable bonds is 3. The Morgan fingerprint density at radius 3 is 2.67 bits per heavy atom. The number of piperidine rings is 1. The van der Waals surface area contributed by atoms with Gasteiger partial charge in [-0.15, -0.1) is 0 Å². The Kier molecular flexibility index (Phi) is 6.06. The van der Waals surface area contributed by atoms with Crippen molar-refractivity contribution in [2.24, 2.45) is 5.92 Å². The van der Waals surface area contributed by atoms with E-state index in [0.717, 1.165) is 50.8 Å². The van der Waals surface area contributed by atoms with Crippen LogP contribution in [0, 0.1) is 17.2 Å². The molecule has 0 saturated carbocycles. The molecule has 2 aliphatic heterocycles. The van der Waals surface area contributed by atoms with Crippen LogP contribution in [0.3, 0.4) is 0 Å². The molecule has 0 radical (unpaired) electrons. The van der Waals surface area contributed by atoms with Crippen LogP contribution in [0.1, 0.15) is 57.6 Å². The third kappa shape index (κ3) is 5.01. The Morgan fingerprint density at radius 2 is 2.00 bits per heavy atom. The molecule has 2 fully saturated rings. The number of nitrogens with zero attached hydrogens (tertiary/aromatic N) is 2. The molecule has 0 aromatic heterocycles. The number of ether oxygens (including phenoxy) is 1. The molecule has 3 rings (SSSR count). The Labute approximate surface area is 162 Å². The van der Waals surface area contributed by atoms with Crippen molar-refractivity contribution < 1.29 is 9.53 Å². The predicted molar refractivity (Wildman–Crippen MR) is 105 cm³/mol. The van der Waals surface area contributed by atoms with Crippen LogP contribution in [0.4, 0.5) is 4.79 Å². The average molecular weight is 370 g/mol. The maximum Gasteiger partial charge on any atom is 0.410 e. The van der Waals surface area contributed by atoms with Gasteiger partial charge in [-0.1, -0.05) is 12.1 Å². The molecule has 0 bridgehead atoms. The van der Waals surface area contributed by atoms with E-state index in [0.29, 0.717) is 11.5 Å². The van der Waals surface area contributed by atoms with Gasteiger partial charge >= 0.3 is 6.09 Å². The summed E-state index contributed by atoms with van der Waals surface area (Å²) in [7, 11) is 0. The molecular weight excluding hydrogens is 338 g/mol. The second kappa shape index (κ2) is 8.31. The first kappa shape index (κ1) is 19.7. The third-order valence-electron chi connectivity index (χ3n) is 5.61. The van der Waals surface area contributed by atoms with Gasteiger partial charge in [0.25, 0.3) is 0 Å². The summed E-state index contributed by atoms with van der Waals surface area (Å²) in [4.78, 5) is 15.1. The van der Waals surface area contributed by atoms with Gasteiger partial charge in [-0.2, -0.15) is 5.26 Å². The highest BCUT2D eigenvalue weighted by Gasteiger charge is 2.42. The summed E-state index contributed by atoms with van der Waals surface area (Å²) in [5, 5.41) is 12.6. The normalized spacial score (nSPS) is 23.9. The van der Waals surface area contributed by atoms with Crippen molar-refractivity contribution >= 4 is 6.09 Å². The Hall–Kier alpha value is -2.06. The molecule has 0 aliphatic carbocycles. The van der Waals surface area contributed by atoms with E-state index < -0.39 is 5.60 Å². The molecule has 2 unspecified atom stereocenters. The lowest BCUT2D eigenvalue weighted by atomic mass is 9.89. The van der Waals surface area contributed by atoms with Gasteiger partial charge in [0.05, 0.1) is 11.6 Å². The van der Waals surface area contributed by atoms with Crippen molar-refractivity contribution in [1.29, 1.82) is 5.26 Å². The third-order valence-corrected chi connectivity index (χ3v) is 5.61. The second-order valence-electron chi connectivity index (χ2n) is 8.79. The summed E-state index contributed by atoms with van der Waals surface area (Å²) in [5.41, 5.74) is 1.28. The summed E-state index contributed by atoms with van der Waals surface area (Å²) >= 11 is 0. The van der Waals surface area contributed by atoms with Gasteiger partial charge in [-0.3, -0.25) is 0 Å². The lowest BCUT2D eigenvalue weighted by Gasteiger charge is -2.38. The minimum atomic E-state index is -0.496. The summed E-state index contributed by atoms with van der Waals surface area (Å²) in [6.07, 6.45) is 4.83. The SMILES string of the molecule is CC(C)(C)OC(=O)N1C(Cc2cccc(C#N)c2)CCC1C1CCNCC1. The molecule has 1 aromatic carbocycles. The summed E-state index contributed by atoms with van der Waals surface area (Å²) in [5.74, 6) is 0.536. The molecule has 1 aromatic rings. The van der Waals surface area contributed by atoms with Crippen LogP contribution in [-0.4, -0.2) is 41.8 Å². The van der Waals surface area contributed by atoms with Crippen molar-refractivity contribution in [1.82, 2.24) is 10.2 Å². The van der Waals surface area contributed by atoms with Crippen molar-refractivity contribution in [3.05, 3.63) is 35.4 Å². The minimum Gasteiger partial charge on any atom is -0.444 e. The molecule has 2 heterocycles. The zero-order chi connectivity index (χ0) is 19.4. The average Bonchev–Trinajstić information content (AvgIpc) is 3.05. The maximum absolute atomic E-state index is 13.1. The van der Waals surface area contributed by atoms with Crippen molar-refractivity contribution in [3.63, 3.8) is 0 Å². The number of nitrogens with one attached hydrogen (secondary N) is 1. The highest BCUT2D eigenvalue weighted by Crippen LogP contribution is 2.36. The van der Waals surface area contributed by atoms with Gasteiger partial charge in [-0.05, 0) is 89.6 Å². The van der Waals surface area contributed by atoms with Gasteiger partial charge in [0, 0.05) is 12.1 Å². The molecule has 27 heavy (non-hydrogen) atoms. The highest BCUT2D eigenvalue weighted by atomic mass is 16.6. The second-order valence-corrected chi connectivity index (χ2v) is 8.79. The molecule has 146 valence electrons. The number of nitriles is 1. The van der Waals surface area contributed by atoms with Crippen LogP contribution in [0.25, 0.3) is 0 Å². The minimum absolute atomic E-state index is 0.133. The van der Waals surface area contributed by atoms with Gasteiger partial charge in [0.1, 0.15) is 5.60 Å². The molecule has 2 aliphatic rings. The molecule has 5 nitrogen and oxygen atoms in total. The number of hydrogen-bond donors (Lipinski definition) is 1. The van der Waals surface area contributed by atoms with Gasteiger partial charge < -0.3 is 15.0 Å². The quantitative estimate of drug-likeness (QED) is 0.878. The van der Waals surface area contributed by atoms with E-state index in [1.54, 1.807) is 0 Å². The summed E-state index contributed by atoms with van der Waals surface area (Å²) < 4.78 is 5.77. The van der Waals surface area contributed by atoms with E-state index in [4.69, 9.17) is 10.00 Å². The predicted octanol–water partition coefficient (Wildman–Crippen LogP) is 3.87. The Balaban J connectivity index is 1.80. The summed E-state index contributed by atoms with van der Waals surface area (Å²) in [6, 6.07) is 10.3. The first-order valence-electron chi connectivity index (χ1n) is 10.1. The van der Waals surface area contributed by atoms with E-state index >= 15 is 0 Å². The van der Waals surface area contributed by atoms with Crippen LogP contribution in [0.15, 0.2) is 24.3 Å². The fraction of sp³-hybridized carbons (Fsp3) is 0.636.